The molecule has 0 saturated carbocycles. The molecule has 164 valence electrons. The lowest BCUT2D eigenvalue weighted by Gasteiger charge is -2.22. The SMILES string of the molecule is COc1ccccc1/C=C/CN1CCc2nnc([C@H](NS(C)(=O)=O)C(C)C)n2CC1. The molecule has 2 heterocycles. The Morgan fingerprint density at radius 3 is 2.67 bits per heavy atom. The Morgan fingerprint density at radius 2 is 1.97 bits per heavy atom. The molecule has 1 N–H and O–H groups in total. The summed E-state index contributed by atoms with van der Waals surface area (Å²) in [6, 6.07) is 7.55. The van der Waals surface area contributed by atoms with Gasteiger partial charge in [0, 0.05) is 38.2 Å². The third-order valence-electron chi connectivity index (χ3n) is 5.23. The van der Waals surface area contributed by atoms with Gasteiger partial charge in [0.25, 0.3) is 0 Å². The maximum absolute atomic E-state index is 11.8. The number of methoxy groups -OCH3 is 1. The zero-order chi connectivity index (χ0) is 21.7. The molecule has 0 amide bonds. The summed E-state index contributed by atoms with van der Waals surface area (Å²) in [5.74, 6) is 2.52. The average Bonchev–Trinajstić information content (AvgIpc) is 2.98. The van der Waals surface area contributed by atoms with Crippen LogP contribution in [-0.4, -0.2) is 61.1 Å². The molecule has 2 aromatic rings. The number of fused-ring (bicyclic) bond motifs is 1. The van der Waals surface area contributed by atoms with Crippen molar-refractivity contribution < 1.29 is 13.2 Å². The van der Waals surface area contributed by atoms with E-state index in [1.807, 2.05) is 38.1 Å². The molecule has 1 aliphatic rings. The second-order valence-electron chi connectivity index (χ2n) is 7.93. The van der Waals surface area contributed by atoms with E-state index in [4.69, 9.17) is 4.74 Å². The normalized spacial score (nSPS) is 16.6. The van der Waals surface area contributed by atoms with Crippen LogP contribution >= 0.6 is 0 Å². The number of hydrogen-bond donors (Lipinski definition) is 1. The maximum atomic E-state index is 11.8. The number of hydrogen-bond acceptors (Lipinski definition) is 6. The molecule has 0 aliphatic carbocycles. The Labute approximate surface area is 179 Å². The van der Waals surface area contributed by atoms with E-state index in [9.17, 15) is 8.42 Å². The number of nitrogens with one attached hydrogen (secondary N) is 1. The highest BCUT2D eigenvalue weighted by atomic mass is 32.2. The van der Waals surface area contributed by atoms with Gasteiger partial charge >= 0.3 is 0 Å². The van der Waals surface area contributed by atoms with Gasteiger partial charge in [-0.15, -0.1) is 10.2 Å². The Morgan fingerprint density at radius 1 is 1.20 bits per heavy atom. The van der Waals surface area contributed by atoms with Crippen LogP contribution in [0.25, 0.3) is 6.08 Å². The summed E-state index contributed by atoms with van der Waals surface area (Å²) >= 11 is 0. The van der Waals surface area contributed by atoms with Crippen molar-refractivity contribution in [3.8, 4) is 5.75 Å². The van der Waals surface area contributed by atoms with E-state index in [1.54, 1.807) is 7.11 Å². The van der Waals surface area contributed by atoms with Crippen LogP contribution in [0, 0.1) is 5.92 Å². The van der Waals surface area contributed by atoms with Gasteiger partial charge in [0.05, 0.1) is 19.4 Å². The number of sulfonamides is 1. The second kappa shape index (κ2) is 9.72. The predicted octanol–water partition coefficient (Wildman–Crippen LogP) is 2.10. The lowest BCUT2D eigenvalue weighted by molar-refractivity contribution is 0.305. The van der Waals surface area contributed by atoms with Crippen molar-refractivity contribution in [1.82, 2.24) is 24.4 Å². The zero-order valence-electron chi connectivity index (χ0n) is 18.1. The summed E-state index contributed by atoms with van der Waals surface area (Å²) in [7, 11) is -1.67. The molecule has 0 unspecified atom stereocenters. The first-order valence-electron chi connectivity index (χ1n) is 10.2. The first-order chi connectivity index (χ1) is 14.3. The van der Waals surface area contributed by atoms with Crippen LogP contribution in [0.2, 0.25) is 0 Å². The molecule has 0 spiro atoms. The first-order valence-corrected chi connectivity index (χ1v) is 12.1. The minimum atomic E-state index is -3.35. The van der Waals surface area contributed by atoms with Crippen molar-refractivity contribution in [3.63, 3.8) is 0 Å². The molecule has 1 atom stereocenters. The van der Waals surface area contributed by atoms with Crippen molar-refractivity contribution in [3.05, 3.63) is 47.6 Å². The van der Waals surface area contributed by atoms with Crippen LogP contribution in [0.3, 0.4) is 0 Å². The first kappa shape index (κ1) is 22.5. The van der Waals surface area contributed by atoms with Crippen LogP contribution in [0.4, 0.5) is 0 Å². The topological polar surface area (TPSA) is 89.3 Å². The van der Waals surface area contributed by atoms with Crippen molar-refractivity contribution in [2.24, 2.45) is 5.92 Å². The Bertz CT molecular complexity index is 984. The van der Waals surface area contributed by atoms with Gasteiger partial charge in [0.15, 0.2) is 5.82 Å². The molecule has 30 heavy (non-hydrogen) atoms. The summed E-state index contributed by atoms with van der Waals surface area (Å²) in [4.78, 5) is 2.36. The summed E-state index contributed by atoms with van der Waals surface area (Å²) in [6.45, 7) is 7.24. The smallest absolute Gasteiger partial charge is 0.209 e. The summed E-state index contributed by atoms with van der Waals surface area (Å²) < 4.78 is 33.8. The lowest BCUT2D eigenvalue weighted by Crippen LogP contribution is -2.33. The van der Waals surface area contributed by atoms with E-state index >= 15 is 0 Å². The van der Waals surface area contributed by atoms with Gasteiger partial charge in [-0.2, -0.15) is 0 Å². The van der Waals surface area contributed by atoms with Crippen LogP contribution in [0.5, 0.6) is 5.75 Å². The van der Waals surface area contributed by atoms with E-state index in [-0.39, 0.29) is 5.92 Å². The standard InChI is InChI=1S/C21H31N5O3S/c1-16(2)20(24-30(4,27)28)21-23-22-19-11-13-25(14-15-26(19)21)12-7-9-17-8-5-6-10-18(17)29-3/h5-10,16,20,24H,11-15H2,1-4H3/b9-7+/t20-/m1/s1. The molecule has 1 aromatic carbocycles. The maximum Gasteiger partial charge on any atom is 0.209 e. The summed E-state index contributed by atoms with van der Waals surface area (Å²) in [6.07, 6.45) is 6.18. The zero-order valence-corrected chi connectivity index (χ0v) is 18.9. The van der Waals surface area contributed by atoms with Gasteiger partial charge in [-0.3, -0.25) is 4.90 Å². The van der Waals surface area contributed by atoms with Gasteiger partial charge in [0.2, 0.25) is 10.0 Å². The van der Waals surface area contributed by atoms with Gasteiger partial charge in [0.1, 0.15) is 11.6 Å². The van der Waals surface area contributed by atoms with E-state index in [1.165, 1.54) is 6.26 Å². The number of aromatic nitrogens is 3. The Balaban J connectivity index is 1.68. The summed E-state index contributed by atoms with van der Waals surface area (Å²) in [5, 5.41) is 8.68. The second-order valence-corrected chi connectivity index (χ2v) is 9.71. The molecule has 1 aliphatic heterocycles. The molecule has 0 fully saturated rings. The number of benzene rings is 1. The number of nitrogens with zero attached hydrogens (tertiary/aromatic N) is 4. The highest BCUT2D eigenvalue weighted by molar-refractivity contribution is 7.88. The van der Waals surface area contributed by atoms with Crippen LogP contribution < -0.4 is 9.46 Å². The molecule has 9 heteroatoms. The van der Waals surface area contributed by atoms with Crippen molar-refractivity contribution in [1.29, 1.82) is 0 Å². The number of para-hydroxylation sites is 1. The average molecular weight is 434 g/mol. The molecule has 8 nitrogen and oxygen atoms in total. The third kappa shape index (κ3) is 5.68. The Kier molecular flexibility index (Phi) is 7.27. The fraction of sp³-hybridized carbons (Fsp3) is 0.524. The summed E-state index contributed by atoms with van der Waals surface area (Å²) in [5.41, 5.74) is 1.06. The Hall–Kier alpha value is -2.23. The monoisotopic (exact) mass is 433 g/mol. The van der Waals surface area contributed by atoms with E-state index in [0.717, 1.165) is 49.7 Å². The molecule has 0 bridgehead atoms. The molecular weight excluding hydrogens is 402 g/mol. The van der Waals surface area contributed by atoms with Crippen molar-refractivity contribution in [2.45, 2.75) is 32.9 Å². The molecule has 0 radical (unpaired) electrons. The van der Waals surface area contributed by atoms with Crippen LogP contribution in [-0.2, 0) is 23.0 Å². The minimum absolute atomic E-state index is 0.0659. The fourth-order valence-electron chi connectivity index (χ4n) is 3.65. The van der Waals surface area contributed by atoms with Gasteiger partial charge in [-0.1, -0.05) is 44.2 Å². The third-order valence-corrected chi connectivity index (χ3v) is 5.92. The van der Waals surface area contributed by atoms with Gasteiger partial charge in [-0.25, -0.2) is 13.1 Å². The van der Waals surface area contributed by atoms with Gasteiger partial charge < -0.3 is 9.30 Å². The van der Waals surface area contributed by atoms with E-state index < -0.39 is 16.1 Å². The molecular formula is C21H31N5O3S. The molecule has 1 aromatic heterocycles. The van der Waals surface area contributed by atoms with E-state index in [2.05, 4.69) is 36.5 Å². The van der Waals surface area contributed by atoms with Crippen molar-refractivity contribution >= 4 is 16.1 Å². The largest absolute Gasteiger partial charge is 0.496 e. The highest BCUT2D eigenvalue weighted by Gasteiger charge is 2.28. The molecule has 3 rings (SSSR count). The van der Waals surface area contributed by atoms with Crippen LogP contribution in [0.1, 0.15) is 37.1 Å². The van der Waals surface area contributed by atoms with E-state index in [0.29, 0.717) is 5.82 Å². The molecule has 0 saturated heterocycles. The quantitative estimate of drug-likeness (QED) is 0.686. The number of rotatable bonds is 8. The van der Waals surface area contributed by atoms with Gasteiger partial charge in [-0.05, 0) is 12.0 Å². The fourth-order valence-corrected chi connectivity index (χ4v) is 4.49. The highest BCUT2D eigenvalue weighted by Crippen LogP contribution is 2.23. The number of ether oxygens (including phenoxy) is 1. The van der Waals surface area contributed by atoms with Crippen molar-refractivity contribution in [2.75, 3.05) is 33.0 Å². The minimum Gasteiger partial charge on any atom is -0.496 e. The predicted molar refractivity (Wildman–Crippen MR) is 118 cm³/mol. The van der Waals surface area contributed by atoms with Crippen LogP contribution in [0.15, 0.2) is 30.3 Å². The lowest BCUT2D eigenvalue weighted by atomic mass is 10.1.